The summed E-state index contributed by atoms with van der Waals surface area (Å²) in [5, 5.41) is 18.8. The van der Waals surface area contributed by atoms with Crippen LogP contribution in [0, 0.1) is 0 Å². The van der Waals surface area contributed by atoms with Gasteiger partial charge in [-0.3, -0.25) is 4.90 Å². The molecule has 0 heterocycles. The highest BCUT2D eigenvalue weighted by Gasteiger charge is 2.28. The molecule has 1 aromatic carbocycles. The molecule has 0 saturated heterocycles. The van der Waals surface area contributed by atoms with E-state index in [0.717, 1.165) is 0 Å². The lowest BCUT2D eigenvalue weighted by Crippen LogP contribution is -2.45. The van der Waals surface area contributed by atoms with Gasteiger partial charge in [0, 0.05) is 16.2 Å². The Balaban J connectivity index is 3.25. The van der Waals surface area contributed by atoms with E-state index < -0.39 is 11.6 Å². The maximum atomic E-state index is 11.3. The number of carbonyl (C=O) groups is 1. The van der Waals surface area contributed by atoms with Gasteiger partial charge in [0.05, 0.1) is 6.61 Å². The van der Waals surface area contributed by atoms with E-state index in [4.69, 9.17) is 16.7 Å². The number of aliphatic hydroxyl groups is 1. The van der Waals surface area contributed by atoms with Gasteiger partial charge in [-0.25, -0.2) is 4.79 Å². The van der Waals surface area contributed by atoms with E-state index in [1.807, 2.05) is 0 Å². The van der Waals surface area contributed by atoms with Crippen LogP contribution >= 0.6 is 11.6 Å². The number of nitrogens with zero attached hydrogens (tertiary/aromatic N) is 1. The summed E-state index contributed by atoms with van der Waals surface area (Å²) in [6.45, 7) is 5.18. The molecule has 0 unspecified atom stereocenters. The Hall–Kier alpha value is -1.26. The summed E-state index contributed by atoms with van der Waals surface area (Å²) in [4.78, 5) is 12.5. The van der Waals surface area contributed by atoms with Crippen LogP contribution in [-0.4, -0.2) is 21.8 Å². The van der Waals surface area contributed by atoms with E-state index in [0.29, 0.717) is 16.3 Å². The van der Waals surface area contributed by atoms with Crippen LogP contribution in [0.2, 0.25) is 5.02 Å². The number of aliphatic hydroxyl groups excluding tert-OH is 1. The normalized spacial score (nSPS) is 11.4. The zero-order chi connectivity index (χ0) is 13.2. The van der Waals surface area contributed by atoms with Crippen molar-refractivity contribution in [1.29, 1.82) is 0 Å². The molecule has 5 heteroatoms. The van der Waals surface area contributed by atoms with Crippen molar-refractivity contribution in [3.05, 3.63) is 28.8 Å². The average Bonchev–Trinajstić information content (AvgIpc) is 2.18. The molecule has 0 aliphatic rings. The molecular formula is C12H16ClNO3. The van der Waals surface area contributed by atoms with Crippen molar-refractivity contribution >= 4 is 23.4 Å². The van der Waals surface area contributed by atoms with Gasteiger partial charge in [0.25, 0.3) is 0 Å². The molecule has 1 amide bonds. The molecule has 94 valence electrons. The van der Waals surface area contributed by atoms with Crippen molar-refractivity contribution in [2.24, 2.45) is 0 Å². The molecule has 0 radical (unpaired) electrons. The summed E-state index contributed by atoms with van der Waals surface area (Å²) in [6, 6.07) is 4.80. The fraction of sp³-hybridized carbons (Fsp3) is 0.417. The molecule has 0 spiro atoms. The Kier molecular flexibility index (Phi) is 4.01. The monoisotopic (exact) mass is 257 g/mol. The second-order valence-electron chi connectivity index (χ2n) is 4.72. The van der Waals surface area contributed by atoms with E-state index in [9.17, 15) is 9.90 Å². The van der Waals surface area contributed by atoms with Gasteiger partial charge in [-0.15, -0.1) is 0 Å². The number of carboxylic acid groups (broad SMARTS) is 1. The summed E-state index contributed by atoms with van der Waals surface area (Å²) in [5.74, 6) is 0. The number of benzene rings is 1. The Morgan fingerprint density at radius 3 is 2.41 bits per heavy atom. The largest absolute Gasteiger partial charge is 0.465 e. The van der Waals surface area contributed by atoms with Crippen molar-refractivity contribution in [3.63, 3.8) is 0 Å². The van der Waals surface area contributed by atoms with E-state index >= 15 is 0 Å². The Labute approximate surface area is 105 Å². The van der Waals surface area contributed by atoms with E-state index in [1.165, 1.54) is 4.90 Å². The smallest absolute Gasteiger partial charge is 0.412 e. The van der Waals surface area contributed by atoms with E-state index in [-0.39, 0.29) is 6.61 Å². The summed E-state index contributed by atoms with van der Waals surface area (Å²) in [6.07, 6.45) is -1.04. The maximum absolute atomic E-state index is 11.3. The first-order valence-corrected chi connectivity index (χ1v) is 5.57. The van der Waals surface area contributed by atoms with E-state index in [2.05, 4.69) is 0 Å². The van der Waals surface area contributed by atoms with Crippen LogP contribution in [0.4, 0.5) is 10.5 Å². The van der Waals surface area contributed by atoms with Crippen LogP contribution in [0.15, 0.2) is 18.2 Å². The molecule has 0 atom stereocenters. The third-order valence-corrected chi connectivity index (χ3v) is 2.69. The number of hydrogen-bond donors (Lipinski definition) is 2. The average molecular weight is 258 g/mol. The molecule has 0 fully saturated rings. The molecule has 4 nitrogen and oxygen atoms in total. The van der Waals surface area contributed by atoms with Gasteiger partial charge in [-0.05, 0) is 44.5 Å². The van der Waals surface area contributed by atoms with Crippen molar-refractivity contribution in [2.45, 2.75) is 32.9 Å². The van der Waals surface area contributed by atoms with Gasteiger partial charge in [-0.1, -0.05) is 11.6 Å². The minimum absolute atomic E-state index is 0.218. The molecule has 2 N–H and O–H groups in total. The van der Waals surface area contributed by atoms with Crippen molar-refractivity contribution < 1.29 is 15.0 Å². The third kappa shape index (κ3) is 3.11. The van der Waals surface area contributed by atoms with Crippen LogP contribution in [0.25, 0.3) is 0 Å². The zero-order valence-electron chi connectivity index (χ0n) is 10.1. The lowest BCUT2D eigenvalue weighted by atomic mass is 10.0. The Morgan fingerprint density at radius 1 is 1.41 bits per heavy atom. The molecular weight excluding hydrogens is 242 g/mol. The highest BCUT2D eigenvalue weighted by molar-refractivity contribution is 6.31. The fourth-order valence-corrected chi connectivity index (χ4v) is 1.78. The van der Waals surface area contributed by atoms with Gasteiger partial charge in [0.2, 0.25) is 0 Å². The topological polar surface area (TPSA) is 60.8 Å². The molecule has 0 aromatic heterocycles. The van der Waals surface area contributed by atoms with Crippen LogP contribution in [0.5, 0.6) is 0 Å². The molecule has 0 aliphatic heterocycles. The first kappa shape index (κ1) is 13.8. The maximum Gasteiger partial charge on any atom is 0.412 e. The second-order valence-corrected chi connectivity index (χ2v) is 5.13. The number of halogens is 1. The number of anilines is 1. The van der Waals surface area contributed by atoms with Crippen LogP contribution in [0.3, 0.4) is 0 Å². The molecule has 0 bridgehead atoms. The lowest BCUT2D eigenvalue weighted by Gasteiger charge is -2.33. The van der Waals surface area contributed by atoms with Gasteiger partial charge in [-0.2, -0.15) is 0 Å². The third-order valence-electron chi connectivity index (χ3n) is 2.32. The molecule has 0 aliphatic carbocycles. The minimum Gasteiger partial charge on any atom is -0.465 e. The minimum atomic E-state index is -1.04. The number of rotatable bonds is 2. The number of hydrogen-bond acceptors (Lipinski definition) is 2. The standard InChI is InChI=1S/C12H16ClNO3/c1-12(2,3)14(11(16)17)9-4-5-10(13)8(6-9)7-15/h4-6,15H,7H2,1-3H3,(H,16,17). The van der Waals surface area contributed by atoms with Crippen LogP contribution in [0.1, 0.15) is 26.3 Å². The quantitative estimate of drug-likeness (QED) is 0.856. The van der Waals surface area contributed by atoms with Crippen molar-refractivity contribution in [3.8, 4) is 0 Å². The molecule has 0 saturated carbocycles. The predicted octanol–water partition coefficient (Wildman–Crippen LogP) is 3.12. The lowest BCUT2D eigenvalue weighted by molar-refractivity contribution is 0.195. The van der Waals surface area contributed by atoms with Gasteiger partial charge >= 0.3 is 6.09 Å². The van der Waals surface area contributed by atoms with Gasteiger partial charge < -0.3 is 10.2 Å². The first-order valence-electron chi connectivity index (χ1n) is 5.20. The fourth-order valence-electron chi connectivity index (χ4n) is 1.61. The van der Waals surface area contributed by atoms with Crippen LogP contribution in [-0.2, 0) is 6.61 Å². The van der Waals surface area contributed by atoms with Crippen molar-refractivity contribution in [1.82, 2.24) is 0 Å². The predicted molar refractivity (Wildman–Crippen MR) is 67.6 cm³/mol. The SMILES string of the molecule is CC(C)(C)N(C(=O)O)c1ccc(Cl)c(CO)c1. The molecule has 1 aromatic rings. The van der Waals surface area contributed by atoms with Crippen molar-refractivity contribution in [2.75, 3.05) is 4.90 Å². The first-order chi connectivity index (χ1) is 7.77. The zero-order valence-corrected chi connectivity index (χ0v) is 10.8. The summed E-state index contributed by atoms with van der Waals surface area (Å²) in [7, 11) is 0. The summed E-state index contributed by atoms with van der Waals surface area (Å²) in [5.41, 5.74) is 0.449. The summed E-state index contributed by atoms with van der Waals surface area (Å²) < 4.78 is 0. The molecule has 1 rings (SSSR count). The van der Waals surface area contributed by atoms with Gasteiger partial charge in [0.1, 0.15) is 0 Å². The Morgan fingerprint density at radius 2 is 2.00 bits per heavy atom. The van der Waals surface area contributed by atoms with E-state index in [1.54, 1.807) is 39.0 Å². The Bertz CT molecular complexity index is 426. The second kappa shape index (κ2) is 4.94. The molecule has 17 heavy (non-hydrogen) atoms. The highest BCUT2D eigenvalue weighted by Crippen LogP contribution is 2.28. The summed E-state index contributed by atoms with van der Waals surface area (Å²) >= 11 is 5.87. The van der Waals surface area contributed by atoms with Crippen LogP contribution < -0.4 is 4.90 Å². The number of amides is 1. The van der Waals surface area contributed by atoms with Gasteiger partial charge in [0.15, 0.2) is 0 Å². The highest BCUT2D eigenvalue weighted by atomic mass is 35.5.